The molecule has 146 valence electrons. The quantitative estimate of drug-likeness (QED) is 0.437. The number of rotatable bonds is 7. The molecule has 8 heteroatoms. The van der Waals surface area contributed by atoms with E-state index in [1.165, 1.54) is 0 Å². The van der Waals surface area contributed by atoms with Crippen LogP contribution in [-0.4, -0.2) is 36.7 Å². The van der Waals surface area contributed by atoms with Crippen LogP contribution < -0.4 is 10.6 Å². The Morgan fingerprint density at radius 2 is 1.32 bits per heavy atom. The van der Waals surface area contributed by atoms with E-state index in [1.54, 1.807) is 62.4 Å². The van der Waals surface area contributed by atoms with E-state index in [-0.39, 0.29) is 18.2 Å². The van der Waals surface area contributed by atoms with Gasteiger partial charge in [0.2, 0.25) is 0 Å². The Morgan fingerprint density at radius 3 is 1.89 bits per heavy atom. The molecule has 2 N–H and O–H groups in total. The predicted molar refractivity (Wildman–Crippen MR) is 106 cm³/mol. The van der Waals surface area contributed by atoms with Gasteiger partial charge in [0.15, 0.2) is 11.5 Å². The number of hydrogen-bond acceptors (Lipinski definition) is 6. The fourth-order valence-corrected chi connectivity index (χ4v) is 2.12. The van der Waals surface area contributed by atoms with Gasteiger partial charge < -0.3 is 9.68 Å². The molecule has 0 aliphatic heterocycles. The van der Waals surface area contributed by atoms with Gasteiger partial charge in [-0.1, -0.05) is 71.0 Å². The van der Waals surface area contributed by atoms with E-state index in [1.807, 2.05) is 12.1 Å². The van der Waals surface area contributed by atoms with Crippen LogP contribution in [0, 0.1) is 0 Å². The maximum atomic E-state index is 12.5. The molecule has 0 saturated carbocycles. The Balaban J connectivity index is 2.13. The summed E-state index contributed by atoms with van der Waals surface area (Å²) < 4.78 is 0. The molecule has 0 radical (unpaired) electrons. The molecule has 0 bridgehead atoms. The zero-order valence-corrected chi connectivity index (χ0v) is 15.7. The molecule has 0 unspecified atom stereocenters. The monoisotopic (exact) mass is 382 g/mol. The molecule has 28 heavy (non-hydrogen) atoms. The minimum absolute atomic E-state index is 0.0133. The zero-order valence-electron chi connectivity index (χ0n) is 15.7. The number of carbonyl (C=O) groups is 2. The standard InChI is InChI=1S/C20H22N4O4/c1-3-27-23-17(15-11-7-5-8-12-15)19(25)22-20(26)21-18(24-28-4-2)16-13-9-6-10-14-16/h5-14H,3-4H2,1-2H3,(H2,21,22,24,25,26)/b23-17+. The van der Waals surface area contributed by atoms with Crippen molar-refractivity contribution in [1.29, 1.82) is 0 Å². The molecule has 2 aromatic carbocycles. The summed E-state index contributed by atoms with van der Waals surface area (Å²) >= 11 is 0. The number of carbonyl (C=O) groups excluding carboxylic acids is 2. The van der Waals surface area contributed by atoms with Crippen molar-refractivity contribution in [1.82, 2.24) is 10.6 Å². The van der Waals surface area contributed by atoms with Gasteiger partial charge in [0.1, 0.15) is 13.2 Å². The molecule has 0 spiro atoms. The number of amidine groups is 1. The highest BCUT2D eigenvalue weighted by Crippen LogP contribution is 2.03. The molecule has 0 aromatic heterocycles. The lowest BCUT2D eigenvalue weighted by molar-refractivity contribution is -0.113. The van der Waals surface area contributed by atoms with Gasteiger partial charge in [0, 0.05) is 11.1 Å². The Labute approximate surface area is 163 Å². The Bertz CT molecular complexity index is 836. The summed E-state index contributed by atoms with van der Waals surface area (Å²) in [6, 6.07) is 16.9. The Kier molecular flexibility index (Phi) is 8.19. The van der Waals surface area contributed by atoms with Crippen LogP contribution in [0.2, 0.25) is 0 Å². The maximum absolute atomic E-state index is 12.5. The van der Waals surface area contributed by atoms with E-state index in [4.69, 9.17) is 9.68 Å². The third-order valence-electron chi connectivity index (χ3n) is 3.34. The Morgan fingerprint density at radius 1 is 0.786 bits per heavy atom. The first-order chi connectivity index (χ1) is 13.7. The van der Waals surface area contributed by atoms with Gasteiger partial charge in [-0.15, -0.1) is 0 Å². The summed E-state index contributed by atoms with van der Waals surface area (Å²) in [5.41, 5.74) is 1.14. The summed E-state index contributed by atoms with van der Waals surface area (Å²) in [6.07, 6.45) is 0. The minimum atomic E-state index is -0.771. The van der Waals surface area contributed by atoms with Gasteiger partial charge >= 0.3 is 6.03 Å². The van der Waals surface area contributed by atoms with Crippen molar-refractivity contribution < 1.29 is 19.3 Å². The molecular formula is C20H22N4O4. The van der Waals surface area contributed by atoms with E-state index < -0.39 is 11.9 Å². The largest absolute Gasteiger partial charge is 0.395 e. The van der Waals surface area contributed by atoms with Gasteiger partial charge in [-0.2, -0.15) is 0 Å². The van der Waals surface area contributed by atoms with Gasteiger partial charge in [-0.3, -0.25) is 15.4 Å². The van der Waals surface area contributed by atoms with Crippen LogP contribution in [0.1, 0.15) is 25.0 Å². The molecule has 0 saturated heterocycles. The van der Waals surface area contributed by atoms with Crippen molar-refractivity contribution in [3.63, 3.8) is 0 Å². The molecule has 3 amide bonds. The Hall–Kier alpha value is -3.68. The minimum Gasteiger partial charge on any atom is -0.395 e. The second kappa shape index (κ2) is 11.1. The zero-order chi connectivity index (χ0) is 20.2. The molecule has 0 atom stereocenters. The first-order valence-corrected chi connectivity index (χ1v) is 8.78. The number of hydrogen-bond donors (Lipinski definition) is 2. The lowest BCUT2D eigenvalue weighted by Crippen LogP contribution is -2.45. The van der Waals surface area contributed by atoms with Crippen LogP contribution >= 0.6 is 0 Å². The fraction of sp³-hybridized carbons (Fsp3) is 0.200. The average molecular weight is 382 g/mol. The molecule has 0 aliphatic rings. The number of benzene rings is 2. The summed E-state index contributed by atoms with van der Waals surface area (Å²) in [6.45, 7) is 4.13. The molecule has 0 heterocycles. The topological polar surface area (TPSA) is 101 Å². The number of amides is 3. The van der Waals surface area contributed by atoms with E-state index in [9.17, 15) is 9.59 Å². The second-order valence-corrected chi connectivity index (χ2v) is 5.36. The van der Waals surface area contributed by atoms with Gasteiger partial charge in [0.05, 0.1) is 0 Å². The van der Waals surface area contributed by atoms with Crippen LogP contribution in [0.4, 0.5) is 4.79 Å². The number of oxime groups is 2. The lowest BCUT2D eigenvalue weighted by Gasteiger charge is -2.10. The number of nitrogens with zero attached hydrogens (tertiary/aromatic N) is 2. The molecule has 8 nitrogen and oxygen atoms in total. The van der Waals surface area contributed by atoms with E-state index in [2.05, 4.69) is 20.9 Å². The number of nitrogens with one attached hydrogen (secondary N) is 2. The normalized spacial score (nSPS) is 11.5. The van der Waals surface area contributed by atoms with Gasteiger partial charge in [0.25, 0.3) is 5.91 Å². The van der Waals surface area contributed by atoms with Crippen LogP contribution in [0.5, 0.6) is 0 Å². The molecule has 2 aromatic rings. The highest BCUT2D eigenvalue weighted by Gasteiger charge is 2.19. The van der Waals surface area contributed by atoms with Gasteiger partial charge in [-0.25, -0.2) is 4.79 Å². The maximum Gasteiger partial charge on any atom is 0.327 e. The summed E-state index contributed by atoms with van der Waals surface area (Å²) in [4.78, 5) is 34.9. The molecule has 0 aliphatic carbocycles. The van der Waals surface area contributed by atoms with Crippen molar-refractivity contribution in [3.05, 3.63) is 71.8 Å². The van der Waals surface area contributed by atoms with Crippen molar-refractivity contribution in [2.75, 3.05) is 13.2 Å². The van der Waals surface area contributed by atoms with E-state index in [0.29, 0.717) is 17.7 Å². The van der Waals surface area contributed by atoms with Crippen molar-refractivity contribution in [3.8, 4) is 0 Å². The molecular weight excluding hydrogens is 360 g/mol. The number of imide groups is 1. The molecule has 2 rings (SSSR count). The first kappa shape index (κ1) is 20.6. The van der Waals surface area contributed by atoms with Crippen LogP contribution in [0.15, 0.2) is 71.0 Å². The third kappa shape index (κ3) is 6.24. The van der Waals surface area contributed by atoms with E-state index in [0.717, 1.165) is 0 Å². The first-order valence-electron chi connectivity index (χ1n) is 8.78. The van der Waals surface area contributed by atoms with Crippen molar-refractivity contribution >= 4 is 23.5 Å². The van der Waals surface area contributed by atoms with Crippen LogP contribution in [0.3, 0.4) is 0 Å². The summed E-state index contributed by atoms with van der Waals surface area (Å²) in [5.74, 6) is -0.531. The average Bonchev–Trinajstić information content (AvgIpc) is 2.72. The fourth-order valence-electron chi connectivity index (χ4n) is 2.12. The second-order valence-electron chi connectivity index (χ2n) is 5.36. The molecule has 0 fully saturated rings. The lowest BCUT2D eigenvalue weighted by atomic mass is 10.1. The number of urea groups is 1. The SMILES string of the molecule is CCON=C(NC(=O)NC(=O)/C(=N/OCC)c1ccccc1)c1ccccc1. The van der Waals surface area contributed by atoms with Crippen LogP contribution in [-0.2, 0) is 14.5 Å². The van der Waals surface area contributed by atoms with E-state index >= 15 is 0 Å². The third-order valence-corrected chi connectivity index (χ3v) is 3.34. The van der Waals surface area contributed by atoms with Gasteiger partial charge in [-0.05, 0) is 13.8 Å². The van der Waals surface area contributed by atoms with Crippen molar-refractivity contribution in [2.45, 2.75) is 13.8 Å². The predicted octanol–water partition coefficient (Wildman–Crippen LogP) is 2.65. The highest BCUT2D eigenvalue weighted by atomic mass is 16.6. The van der Waals surface area contributed by atoms with Crippen LogP contribution in [0.25, 0.3) is 0 Å². The highest BCUT2D eigenvalue weighted by molar-refractivity contribution is 6.47. The van der Waals surface area contributed by atoms with Crippen molar-refractivity contribution in [2.24, 2.45) is 10.3 Å². The summed E-state index contributed by atoms with van der Waals surface area (Å²) in [5, 5.41) is 12.5. The smallest absolute Gasteiger partial charge is 0.327 e. The summed E-state index contributed by atoms with van der Waals surface area (Å²) in [7, 11) is 0.